The average Bonchev–Trinajstić information content (AvgIpc) is 2.30. The van der Waals surface area contributed by atoms with Gasteiger partial charge in [-0.3, -0.25) is 4.98 Å². The Morgan fingerprint density at radius 1 is 1.50 bits per heavy atom. The molecule has 2 nitrogen and oxygen atoms in total. The summed E-state index contributed by atoms with van der Waals surface area (Å²) in [5, 5.41) is 0.762. The third-order valence-corrected chi connectivity index (χ3v) is 4.61. The van der Waals surface area contributed by atoms with Crippen LogP contribution in [0.1, 0.15) is 38.3 Å². The van der Waals surface area contributed by atoms with Gasteiger partial charge in [-0.25, -0.2) is 0 Å². The molecule has 1 aromatic heterocycles. The number of rotatable bonds is 3. The van der Waals surface area contributed by atoms with E-state index in [1.807, 2.05) is 24.0 Å². The normalized spacial score (nSPS) is 25.6. The molecule has 88 valence electrons. The van der Waals surface area contributed by atoms with Gasteiger partial charge in [0.2, 0.25) is 0 Å². The molecule has 1 aliphatic rings. The number of pyridine rings is 1. The quantitative estimate of drug-likeness (QED) is 0.876. The van der Waals surface area contributed by atoms with E-state index in [0.717, 1.165) is 16.9 Å². The van der Waals surface area contributed by atoms with E-state index >= 15 is 0 Å². The highest BCUT2D eigenvalue weighted by molar-refractivity contribution is 8.00. The smallest absolute Gasteiger partial charge is 0.0675 e. The van der Waals surface area contributed by atoms with Gasteiger partial charge >= 0.3 is 0 Å². The van der Waals surface area contributed by atoms with Gasteiger partial charge in [-0.05, 0) is 30.9 Å². The summed E-state index contributed by atoms with van der Waals surface area (Å²) in [7, 11) is 0. The Labute approximate surface area is 102 Å². The number of aromatic nitrogens is 1. The van der Waals surface area contributed by atoms with E-state index in [4.69, 9.17) is 5.73 Å². The number of nitrogens with two attached hydrogens (primary N) is 1. The van der Waals surface area contributed by atoms with Gasteiger partial charge in [-0.2, -0.15) is 0 Å². The molecular weight excluding hydrogens is 216 g/mol. The first-order chi connectivity index (χ1) is 7.79. The lowest BCUT2D eigenvalue weighted by Gasteiger charge is -2.26. The molecule has 1 aliphatic carbocycles. The highest BCUT2D eigenvalue weighted by Crippen LogP contribution is 2.36. The van der Waals surface area contributed by atoms with Crippen molar-refractivity contribution in [2.24, 2.45) is 11.7 Å². The Bertz CT molecular complexity index is 340. The van der Waals surface area contributed by atoms with E-state index in [2.05, 4.69) is 18.0 Å². The van der Waals surface area contributed by atoms with Crippen molar-refractivity contribution in [3.63, 3.8) is 0 Å². The van der Waals surface area contributed by atoms with Gasteiger partial charge < -0.3 is 5.73 Å². The number of hydrogen-bond acceptors (Lipinski definition) is 3. The van der Waals surface area contributed by atoms with E-state index in [-0.39, 0.29) is 0 Å². The molecule has 3 heteroatoms. The molecule has 1 fully saturated rings. The average molecular weight is 236 g/mol. The zero-order valence-corrected chi connectivity index (χ0v) is 10.7. The number of hydrogen-bond donors (Lipinski definition) is 1. The SMILES string of the molecule is CC1CCCC(Sc2cccnc2CN)C1. The second kappa shape index (κ2) is 5.69. The van der Waals surface area contributed by atoms with Gasteiger partial charge in [0.05, 0.1) is 5.69 Å². The molecule has 1 heterocycles. The summed E-state index contributed by atoms with van der Waals surface area (Å²) >= 11 is 1.98. The fourth-order valence-electron chi connectivity index (χ4n) is 2.35. The fraction of sp³-hybridized carbons (Fsp3) is 0.615. The summed E-state index contributed by atoms with van der Waals surface area (Å²) in [6.45, 7) is 2.91. The van der Waals surface area contributed by atoms with Crippen molar-refractivity contribution < 1.29 is 0 Å². The van der Waals surface area contributed by atoms with Crippen molar-refractivity contribution in [1.29, 1.82) is 0 Å². The molecule has 2 atom stereocenters. The maximum atomic E-state index is 5.71. The molecule has 0 radical (unpaired) electrons. The molecule has 0 saturated heterocycles. The minimum absolute atomic E-state index is 0.547. The van der Waals surface area contributed by atoms with Gasteiger partial charge in [0.15, 0.2) is 0 Å². The van der Waals surface area contributed by atoms with E-state index in [1.165, 1.54) is 30.6 Å². The van der Waals surface area contributed by atoms with Crippen LogP contribution in [-0.4, -0.2) is 10.2 Å². The minimum atomic E-state index is 0.547. The molecule has 2 N–H and O–H groups in total. The maximum Gasteiger partial charge on any atom is 0.0675 e. The summed E-state index contributed by atoms with van der Waals surface area (Å²) in [6.07, 6.45) is 7.28. The fourth-order valence-corrected chi connectivity index (χ4v) is 3.85. The van der Waals surface area contributed by atoms with Crippen LogP contribution >= 0.6 is 11.8 Å². The Balaban J connectivity index is 2.02. The number of nitrogens with zero attached hydrogens (tertiary/aromatic N) is 1. The van der Waals surface area contributed by atoms with Crippen LogP contribution in [0.25, 0.3) is 0 Å². The Morgan fingerprint density at radius 3 is 3.12 bits per heavy atom. The lowest BCUT2D eigenvalue weighted by atomic mass is 9.91. The molecule has 2 unspecified atom stereocenters. The largest absolute Gasteiger partial charge is 0.325 e. The van der Waals surface area contributed by atoms with E-state index in [9.17, 15) is 0 Å². The third-order valence-electron chi connectivity index (χ3n) is 3.22. The van der Waals surface area contributed by atoms with Crippen molar-refractivity contribution in [2.45, 2.75) is 49.3 Å². The van der Waals surface area contributed by atoms with E-state index in [0.29, 0.717) is 6.54 Å². The molecular formula is C13H20N2S. The van der Waals surface area contributed by atoms with Crippen LogP contribution in [0.5, 0.6) is 0 Å². The van der Waals surface area contributed by atoms with Gasteiger partial charge in [-0.15, -0.1) is 11.8 Å². The van der Waals surface area contributed by atoms with Gasteiger partial charge in [0, 0.05) is 22.9 Å². The monoisotopic (exact) mass is 236 g/mol. The zero-order chi connectivity index (χ0) is 11.4. The Morgan fingerprint density at radius 2 is 2.38 bits per heavy atom. The molecule has 0 spiro atoms. The standard InChI is InChI=1S/C13H20N2S/c1-10-4-2-5-11(8-10)16-13-6-3-7-15-12(13)9-14/h3,6-7,10-11H,2,4-5,8-9,14H2,1H3. The highest BCUT2D eigenvalue weighted by Gasteiger charge is 2.20. The topological polar surface area (TPSA) is 38.9 Å². The lowest BCUT2D eigenvalue weighted by Crippen LogP contribution is -2.15. The van der Waals surface area contributed by atoms with Crippen LogP contribution < -0.4 is 5.73 Å². The van der Waals surface area contributed by atoms with Gasteiger partial charge in [-0.1, -0.05) is 19.8 Å². The second-order valence-electron chi connectivity index (χ2n) is 4.66. The van der Waals surface area contributed by atoms with Crippen LogP contribution in [0.15, 0.2) is 23.2 Å². The molecule has 0 amide bonds. The summed E-state index contributed by atoms with van der Waals surface area (Å²) < 4.78 is 0. The molecule has 1 saturated carbocycles. The molecule has 0 bridgehead atoms. The molecule has 16 heavy (non-hydrogen) atoms. The lowest BCUT2D eigenvalue weighted by molar-refractivity contribution is 0.394. The van der Waals surface area contributed by atoms with Crippen molar-refractivity contribution in [3.8, 4) is 0 Å². The summed E-state index contributed by atoms with van der Waals surface area (Å²) in [6, 6.07) is 4.16. The Hall–Kier alpha value is -0.540. The first-order valence-corrected chi connectivity index (χ1v) is 6.98. The summed E-state index contributed by atoms with van der Waals surface area (Å²) in [5.74, 6) is 0.879. The second-order valence-corrected chi connectivity index (χ2v) is 6.01. The van der Waals surface area contributed by atoms with Gasteiger partial charge in [0.1, 0.15) is 0 Å². The predicted molar refractivity (Wildman–Crippen MR) is 69.4 cm³/mol. The van der Waals surface area contributed by atoms with Crippen molar-refractivity contribution in [1.82, 2.24) is 4.98 Å². The first kappa shape index (κ1) is 11.9. The number of thioether (sulfide) groups is 1. The van der Waals surface area contributed by atoms with Crippen LogP contribution in [0.2, 0.25) is 0 Å². The molecule has 0 aliphatic heterocycles. The first-order valence-electron chi connectivity index (χ1n) is 6.10. The van der Waals surface area contributed by atoms with Crippen LogP contribution in [0.4, 0.5) is 0 Å². The highest BCUT2D eigenvalue weighted by atomic mass is 32.2. The summed E-state index contributed by atoms with van der Waals surface area (Å²) in [5.41, 5.74) is 6.75. The van der Waals surface area contributed by atoms with Crippen LogP contribution in [0.3, 0.4) is 0 Å². The van der Waals surface area contributed by atoms with Crippen molar-refractivity contribution in [2.75, 3.05) is 0 Å². The van der Waals surface area contributed by atoms with Gasteiger partial charge in [0.25, 0.3) is 0 Å². The van der Waals surface area contributed by atoms with Crippen LogP contribution in [-0.2, 0) is 6.54 Å². The molecule has 2 rings (SSSR count). The zero-order valence-electron chi connectivity index (χ0n) is 9.86. The molecule has 0 aromatic carbocycles. The Kier molecular flexibility index (Phi) is 4.24. The van der Waals surface area contributed by atoms with E-state index in [1.54, 1.807) is 0 Å². The minimum Gasteiger partial charge on any atom is -0.325 e. The molecule has 1 aromatic rings. The van der Waals surface area contributed by atoms with Crippen LogP contribution in [0, 0.1) is 5.92 Å². The van der Waals surface area contributed by atoms with E-state index < -0.39 is 0 Å². The maximum absolute atomic E-state index is 5.71. The predicted octanol–water partition coefficient (Wildman–Crippen LogP) is 3.21. The third kappa shape index (κ3) is 2.98. The summed E-state index contributed by atoms with van der Waals surface area (Å²) in [4.78, 5) is 5.62. The van der Waals surface area contributed by atoms with Crippen molar-refractivity contribution in [3.05, 3.63) is 24.0 Å². The van der Waals surface area contributed by atoms with Crippen molar-refractivity contribution >= 4 is 11.8 Å².